The van der Waals surface area contributed by atoms with E-state index in [4.69, 9.17) is 5.73 Å². The number of rotatable bonds is 7. The predicted octanol–water partition coefficient (Wildman–Crippen LogP) is 1.96. The van der Waals surface area contributed by atoms with Gasteiger partial charge in [-0.3, -0.25) is 0 Å². The maximum Gasteiger partial charge on any atom is 0.218 e. The fourth-order valence-electron chi connectivity index (χ4n) is 1.75. The number of nitrogens with zero attached hydrogens (tertiary/aromatic N) is 1. The molecule has 0 saturated carbocycles. The average Bonchev–Trinajstić information content (AvgIpc) is 2.34. The Morgan fingerprint density at radius 2 is 2.00 bits per heavy atom. The standard InChI is InChI=1S/C14H23FN2O2S/c1-11(2)14(16)7-8-17(3)20(18,19)10-12-5-4-6-13(15)9-12/h4-6,9,11,14H,7-8,10,16H2,1-3H3. The van der Waals surface area contributed by atoms with Gasteiger partial charge in [0.25, 0.3) is 0 Å². The normalized spacial score (nSPS) is 13.9. The van der Waals surface area contributed by atoms with Gasteiger partial charge in [0.05, 0.1) is 5.75 Å². The van der Waals surface area contributed by atoms with Crippen LogP contribution in [0.5, 0.6) is 0 Å². The summed E-state index contributed by atoms with van der Waals surface area (Å²) in [5.74, 6) is -0.311. The Balaban J connectivity index is 2.64. The lowest BCUT2D eigenvalue weighted by molar-refractivity contribution is 0.397. The summed E-state index contributed by atoms with van der Waals surface area (Å²) in [6.07, 6.45) is 0.608. The average molecular weight is 302 g/mol. The van der Waals surface area contributed by atoms with Crippen molar-refractivity contribution in [3.63, 3.8) is 0 Å². The third-order valence-electron chi connectivity index (χ3n) is 3.35. The van der Waals surface area contributed by atoms with Crippen LogP contribution in [-0.4, -0.2) is 32.4 Å². The molecular formula is C14H23FN2O2S. The zero-order chi connectivity index (χ0) is 15.3. The zero-order valence-electron chi connectivity index (χ0n) is 12.2. The van der Waals surface area contributed by atoms with Crippen LogP contribution in [0.1, 0.15) is 25.8 Å². The van der Waals surface area contributed by atoms with Crippen molar-refractivity contribution < 1.29 is 12.8 Å². The molecular weight excluding hydrogens is 279 g/mol. The third-order valence-corrected chi connectivity index (χ3v) is 5.18. The quantitative estimate of drug-likeness (QED) is 0.837. The molecule has 0 aliphatic rings. The molecule has 1 aromatic rings. The highest BCUT2D eigenvalue weighted by Gasteiger charge is 2.20. The molecule has 0 amide bonds. The van der Waals surface area contributed by atoms with Crippen LogP contribution < -0.4 is 5.73 Å². The lowest BCUT2D eigenvalue weighted by Gasteiger charge is -2.21. The Hall–Kier alpha value is -0.980. The molecule has 1 rings (SSSR count). The fraction of sp³-hybridized carbons (Fsp3) is 0.571. The van der Waals surface area contributed by atoms with E-state index in [-0.39, 0.29) is 11.8 Å². The number of hydrogen-bond donors (Lipinski definition) is 1. The molecule has 20 heavy (non-hydrogen) atoms. The summed E-state index contributed by atoms with van der Waals surface area (Å²) in [7, 11) is -1.91. The van der Waals surface area contributed by atoms with Crippen LogP contribution in [0.4, 0.5) is 4.39 Å². The molecule has 0 spiro atoms. The number of benzene rings is 1. The van der Waals surface area contributed by atoms with Crippen molar-refractivity contribution in [3.8, 4) is 0 Å². The number of nitrogens with two attached hydrogens (primary N) is 1. The topological polar surface area (TPSA) is 63.4 Å². The van der Waals surface area contributed by atoms with Gasteiger partial charge in [-0.1, -0.05) is 26.0 Å². The van der Waals surface area contributed by atoms with Gasteiger partial charge < -0.3 is 5.73 Å². The van der Waals surface area contributed by atoms with Crippen LogP contribution in [0.15, 0.2) is 24.3 Å². The highest BCUT2D eigenvalue weighted by molar-refractivity contribution is 7.88. The molecule has 4 nitrogen and oxygen atoms in total. The van der Waals surface area contributed by atoms with Gasteiger partial charge in [0, 0.05) is 19.6 Å². The smallest absolute Gasteiger partial charge is 0.218 e. The van der Waals surface area contributed by atoms with Gasteiger partial charge >= 0.3 is 0 Å². The van der Waals surface area contributed by atoms with Crippen molar-refractivity contribution in [3.05, 3.63) is 35.6 Å². The molecule has 1 unspecified atom stereocenters. The van der Waals surface area contributed by atoms with Gasteiger partial charge in [0.2, 0.25) is 10.0 Å². The van der Waals surface area contributed by atoms with Gasteiger partial charge in [-0.05, 0) is 30.0 Å². The van der Waals surface area contributed by atoms with E-state index < -0.39 is 15.8 Å². The minimum absolute atomic E-state index is 0.0261. The number of hydrogen-bond acceptors (Lipinski definition) is 3. The van der Waals surface area contributed by atoms with Crippen LogP contribution in [0.2, 0.25) is 0 Å². The van der Waals surface area contributed by atoms with E-state index in [1.807, 2.05) is 13.8 Å². The molecule has 114 valence electrons. The Kier molecular flexibility index (Phi) is 6.10. The van der Waals surface area contributed by atoms with Crippen LogP contribution in [0, 0.1) is 11.7 Å². The van der Waals surface area contributed by atoms with Gasteiger partial charge in [0.15, 0.2) is 0 Å². The largest absolute Gasteiger partial charge is 0.327 e. The second-order valence-corrected chi connectivity index (χ2v) is 7.48. The molecule has 0 aliphatic carbocycles. The maximum absolute atomic E-state index is 13.1. The molecule has 1 atom stereocenters. The van der Waals surface area contributed by atoms with Crippen LogP contribution >= 0.6 is 0 Å². The summed E-state index contributed by atoms with van der Waals surface area (Å²) < 4.78 is 38.7. The Bertz CT molecular complexity index is 532. The maximum atomic E-state index is 13.1. The second kappa shape index (κ2) is 7.15. The number of sulfonamides is 1. The van der Waals surface area contributed by atoms with Crippen LogP contribution in [-0.2, 0) is 15.8 Å². The molecule has 6 heteroatoms. The zero-order valence-corrected chi connectivity index (χ0v) is 13.0. The Morgan fingerprint density at radius 1 is 1.35 bits per heavy atom. The fourth-order valence-corrected chi connectivity index (χ4v) is 2.96. The molecule has 0 fully saturated rings. The Morgan fingerprint density at radius 3 is 2.55 bits per heavy atom. The summed E-state index contributed by atoms with van der Waals surface area (Å²) in [6, 6.07) is 5.62. The van der Waals surface area contributed by atoms with Gasteiger partial charge in [-0.15, -0.1) is 0 Å². The SMILES string of the molecule is CC(C)C(N)CCN(C)S(=O)(=O)Cc1cccc(F)c1. The van der Waals surface area contributed by atoms with E-state index in [1.165, 1.54) is 29.6 Å². The number of halogens is 1. The van der Waals surface area contributed by atoms with Crippen molar-refractivity contribution in [1.29, 1.82) is 0 Å². The van der Waals surface area contributed by atoms with E-state index in [0.29, 0.717) is 24.4 Å². The van der Waals surface area contributed by atoms with Crippen molar-refractivity contribution in [2.45, 2.75) is 32.1 Å². The second-order valence-electron chi connectivity index (χ2n) is 5.40. The van der Waals surface area contributed by atoms with E-state index >= 15 is 0 Å². The molecule has 0 aromatic heterocycles. The highest BCUT2D eigenvalue weighted by atomic mass is 32.2. The molecule has 0 saturated heterocycles. The van der Waals surface area contributed by atoms with Crippen molar-refractivity contribution in [2.24, 2.45) is 11.7 Å². The first-order chi connectivity index (χ1) is 9.22. The van der Waals surface area contributed by atoms with Crippen molar-refractivity contribution >= 4 is 10.0 Å². The molecule has 0 bridgehead atoms. The van der Waals surface area contributed by atoms with E-state index in [1.54, 1.807) is 6.07 Å². The van der Waals surface area contributed by atoms with Gasteiger partial charge in [0.1, 0.15) is 5.82 Å². The first kappa shape index (κ1) is 17.1. The van der Waals surface area contributed by atoms with Crippen molar-refractivity contribution in [2.75, 3.05) is 13.6 Å². The first-order valence-corrected chi connectivity index (χ1v) is 8.27. The summed E-state index contributed by atoms with van der Waals surface area (Å²) in [5, 5.41) is 0. The predicted molar refractivity (Wildman–Crippen MR) is 79.1 cm³/mol. The van der Waals surface area contributed by atoms with E-state index in [2.05, 4.69) is 0 Å². The summed E-state index contributed by atoms with van der Waals surface area (Å²) in [4.78, 5) is 0. The molecule has 2 N–H and O–H groups in total. The summed E-state index contributed by atoms with van der Waals surface area (Å²) >= 11 is 0. The van der Waals surface area contributed by atoms with Gasteiger partial charge in [-0.2, -0.15) is 0 Å². The van der Waals surface area contributed by atoms with Crippen LogP contribution in [0.25, 0.3) is 0 Å². The summed E-state index contributed by atoms with van der Waals surface area (Å²) in [5.41, 5.74) is 6.36. The Labute approximate surface area is 120 Å². The molecule has 0 radical (unpaired) electrons. The minimum atomic E-state index is -3.44. The lowest BCUT2D eigenvalue weighted by Crippen LogP contribution is -2.35. The molecule has 1 aromatic carbocycles. The summed E-state index contributed by atoms with van der Waals surface area (Å²) in [6.45, 7) is 4.38. The van der Waals surface area contributed by atoms with E-state index in [0.717, 1.165) is 0 Å². The molecule has 0 heterocycles. The minimum Gasteiger partial charge on any atom is -0.327 e. The van der Waals surface area contributed by atoms with Crippen molar-refractivity contribution in [1.82, 2.24) is 4.31 Å². The lowest BCUT2D eigenvalue weighted by atomic mass is 10.0. The van der Waals surface area contributed by atoms with Gasteiger partial charge in [-0.25, -0.2) is 17.1 Å². The molecule has 0 aliphatic heterocycles. The highest BCUT2D eigenvalue weighted by Crippen LogP contribution is 2.12. The first-order valence-electron chi connectivity index (χ1n) is 6.66. The third kappa shape index (κ3) is 5.19. The monoisotopic (exact) mass is 302 g/mol. The van der Waals surface area contributed by atoms with Crippen LogP contribution in [0.3, 0.4) is 0 Å². The van der Waals surface area contributed by atoms with E-state index in [9.17, 15) is 12.8 Å².